The van der Waals surface area contributed by atoms with E-state index in [9.17, 15) is 4.79 Å². The predicted molar refractivity (Wildman–Crippen MR) is 76.9 cm³/mol. The topological polar surface area (TPSA) is 17.1 Å². The molecule has 2 aromatic carbocycles. The Morgan fingerprint density at radius 2 is 1.83 bits per heavy atom. The molecule has 0 radical (unpaired) electrons. The van der Waals surface area contributed by atoms with Crippen LogP contribution >= 0.6 is 0 Å². The molecule has 0 aromatic heterocycles. The number of benzene rings is 2. The summed E-state index contributed by atoms with van der Waals surface area (Å²) in [5.41, 5.74) is 1.40. The zero-order valence-electron chi connectivity index (χ0n) is 10.9. The Hall–Kier alpha value is -1.63. The molecule has 1 nitrogen and oxygen atoms in total. The molecule has 0 saturated carbocycles. The van der Waals surface area contributed by atoms with E-state index in [-0.39, 0.29) is 0 Å². The largest absolute Gasteiger partial charge is 0.303 e. The third kappa shape index (κ3) is 3.19. The van der Waals surface area contributed by atoms with Crippen LogP contribution in [0.4, 0.5) is 0 Å². The minimum absolute atomic E-state index is 0.571. The van der Waals surface area contributed by atoms with Crippen molar-refractivity contribution < 1.29 is 4.79 Å². The summed E-state index contributed by atoms with van der Waals surface area (Å²) in [5.74, 6) is 0.571. The summed E-state index contributed by atoms with van der Waals surface area (Å²) >= 11 is 0. The van der Waals surface area contributed by atoms with Crippen molar-refractivity contribution in [2.24, 2.45) is 0 Å². The van der Waals surface area contributed by atoms with E-state index in [1.807, 2.05) is 0 Å². The minimum atomic E-state index is 0.571. The number of rotatable bonds is 6. The van der Waals surface area contributed by atoms with Crippen molar-refractivity contribution in [1.82, 2.24) is 0 Å². The first-order valence-electron chi connectivity index (χ1n) is 6.73. The molecule has 2 rings (SSSR count). The van der Waals surface area contributed by atoms with Crippen LogP contribution in [0.2, 0.25) is 0 Å². The van der Waals surface area contributed by atoms with E-state index >= 15 is 0 Å². The fourth-order valence-corrected chi connectivity index (χ4v) is 2.36. The van der Waals surface area contributed by atoms with E-state index < -0.39 is 0 Å². The van der Waals surface area contributed by atoms with Gasteiger partial charge in [-0.2, -0.15) is 0 Å². The molecule has 94 valence electrons. The van der Waals surface area contributed by atoms with Gasteiger partial charge in [-0.05, 0) is 35.1 Å². The molecule has 2 aromatic rings. The van der Waals surface area contributed by atoms with E-state index in [0.717, 1.165) is 25.5 Å². The third-order valence-electron chi connectivity index (χ3n) is 3.55. The number of carbonyl (C=O) groups is 1. The zero-order valence-corrected chi connectivity index (χ0v) is 10.9. The maximum Gasteiger partial charge on any atom is 0.119 e. The first-order chi connectivity index (χ1) is 8.81. The molecule has 0 amide bonds. The first-order valence-corrected chi connectivity index (χ1v) is 6.73. The van der Waals surface area contributed by atoms with Crippen molar-refractivity contribution in [2.75, 3.05) is 0 Å². The summed E-state index contributed by atoms with van der Waals surface area (Å²) in [6.07, 6.45) is 5.02. The summed E-state index contributed by atoms with van der Waals surface area (Å²) in [6.45, 7) is 2.27. The van der Waals surface area contributed by atoms with Gasteiger partial charge in [0.25, 0.3) is 0 Å². The van der Waals surface area contributed by atoms with Crippen LogP contribution in [0.5, 0.6) is 0 Å². The average Bonchev–Trinajstić information content (AvgIpc) is 2.43. The molecule has 1 atom stereocenters. The number of unbranched alkanes of at least 4 members (excludes halogenated alkanes) is 2. The molecule has 0 aliphatic rings. The second kappa shape index (κ2) is 6.34. The number of aldehydes is 1. The smallest absolute Gasteiger partial charge is 0.119 e. The van der Waals surface area contributed by atoms with Crippen molar-refractivity contribution in [1.29, 1.82) is 0 Å². The molecule has 1 unspecified atom stereocenters. The van der Waals surface area contributed by atoms with Gasteiger partial charge in [-0.3, -0.25) is 0 Å². The van der Waals surface area contributed by atoms with E-state index in [1.54, 1.807) is 0 Å². The Labute approximate surface area is 109 Å². The van der Waals surface area contributed by atoms with Gasteiger partial charge in [0.1, 0.15) is 6.29 Å². The predicted octanol–water partition coefficient (Wildman–Crippen LogP) is 4.70. The lowest BCUT2D eigenvalue weighted by atomic mass is 9.93. The van der Waals surface area contributed by atoms with Gasteiger partial charge in [-0.1, -0.05) is 55.8 Å². The van der Waals surface area contributed by atoms with Gasteiger partial charge in [0.05, 0.1) is 0 Å². The highest BCUT2D eigenvalue weighted by atomic mass is 16.1. The number of hydrogen-bond acceptors (Lipinski definition) is 1. The lowest BCUT2D eigenvalue weighted by Crippen LogP contribution is -1.94. The molecular weight excluding hydrogens is 220 g/mol. The maximum atomic E-state index is 10.3. The van der Waals surface area contributed by atoms with Crippen LogP contribution in [0.3, 0.4) is 0 Å². The fraction of sp³-hybridized carbons (Fsp3) is 0.353. The second-order valence-corrected chi connectivity index (χ2v) is 4.96. The van der Waals surface area contributed by atoms with Crippen molar-refractivity contribution >= 4 is 17.1 Å². The van der Waals surface area contributed by atoms with Gasteiger partial charge in [-0.15, -0.1) is 0 Å². The normalized spacial score (nSPS) is 12.5. The summed E-state index contributed by atoms with van der Waals surface area (Å²) in [5, 5.41) is 2.61. The van der Waals surface area contributed by atoms with Crippen molar-refractivity contribution in [3.63, 3.8) is 0 Å². The van der Waals surface area contributed by atoms with Gasteiger partial charge in [0.15, 0.2) is 0 Å². The quantitative estimate of drug-likeness (QED) is 0.528. The van der Waals surface area contributed by atoms with E-state index in [0.29, 0.717) is 12.3 Å². The Morgan fingerprint density at radius 3 is 2.61 bits per heavy atom. The molecule has 0 saturated heterocycles. The number of hydrogen-bond donors (Lipinski definition) is 0. The lowest BCUT2D eigenvalue weighted by Gasteiger charge is -2.12. The van der Waals surface area contributed by atoms with Gasteiger partial charge in [-0.25, -0.2) is 0 Å². The van der Waals surface area contributed by atoms with Crippen LogP contribution < -0.4 is 0 Å². The third-order valence-corrected chi connectivity index (χ3v) is 3.55. The Kier molecular flexibility index (Phi) is 4.52. The van der Waals surface area contributed by atoms with Crippen LogP contribution in [0, 0.1) is 0 Å². The maximum absolute atomic E-state index is 10.3. The standard InChI is InChI=1S/C17H20O/c1-14(7-3-2-6-12-18)16-11-10-15-8-4-5-9-17(15)13-16/h4-5,8-14H,2-3,6-7H2,1H3. The molecule has 0 aliphatic carbocycles. The lowest BCUT2D eigenvalue weighted by molar-refractivity contribution is -0.107. The second-order valence-electron chi connectivity index (χ2n) is 4.96. The zero-order chi connectivity index (χ0) is 12.8. The molecule has 0 fully saturated rings. The van der Waals surface area contributed by atoms with Crippen LogP contribution in [0.25, 0.3) is 10.8 Å². The summed E-state index contributed by atoms with van der Waals surface area (Å²) in [7, 11) is 0. The van der Waals surface area contributed by atoms with Gasteiger partial charge < -0.3 is 4.79 Å². The van der Waals surface area contributed by atoms with E-state index in [1.165, 1.54) is 16.3 Å². The summed E-state index contributed by atoms with van der Waals surface area (Å²) in [6, 6.07) is 15.2. The fourth-order valence-electron chi connectivity index (χ4n) is 2.36. The van der Waals surface area contributed by atoms with Gasteiger partial charge in [0.2, 0.25) is 0 Å². The van der Waals surface area contributed by atoms with Gasteiger partial charge >= 0.3 is 0 Å². The number of fused-ring (bicyclic) bond motifs is 1. The highest BCUT2D eigenvalue weighted by Gasteiger charge is 2.05. The Morgan fingerprint density at radius 1 is 1.06 bits per heavy atom. The molecule has 0 N–H and O–H groups in total. The van der Waals surface area contributed by atoms with Crippen LogP contribution in [0.1, 0.15) is 44.1 Å². The van der Waals surface area contributed by atoms with Crippen molar-refractivity contribution in [3.8, 4) is 0 Å². The molecular formula is C17H20O. The molecule has 1 heteroatoms. The minimum Gasteiger partial charge on any atom is -0.303 e. The van der Waals surface area contributed by atoms with Gasteiger partial charge in [0, 0.05) is 6.42 Å². The van der Waals surface area contributed by atoms with Crippen molar-refractivity contribution in [3.05, 3.63) is 48.0 Å². The van der Waals surface area contributed by atoms with Crippen molar-refractivity contribution in [2.45, 2.75) is 38.5 Å². The number of carbonyl (C=O) groups excluding carboxylic acids is 1. The van der Waals surface area contributed by atoms with Crippen LogP contribution in [-0.4, -0.2) is 6.29 Å². The van der Waals surface area contributed by atoms with Crippen LogP contribution in [0.15, 0.2) is 42.5 Å². The average molecular weight is 240 g/mol. The monoisotopic (exact) mass is 240 g/mol. The van der Waals surface area contributed by atoms with E-state index in [2.05, 4.69) is 49.4 Å². The Balaban J connectivity index is 2.03. The molecule has 0 aliphatic heterocycles. The van der Waals surface area contributed by atoms with E-state index in [4.69, 9.17) is 0 Å². The molecule has 0 bridgehead atoms. The molecule has 0 spiro atoms. The van der Waals surface area contributed by atoms with Crippen LogP contribution in [-0.2, 0) is 4.79 Å². The molecule has 0 heterocycles. The summed E-state index contributed by atoms with van der Waals surface area (Å²) in [4.78, 5) is 10.3. The highest BCUT2D eigenvalue weighted by Crippen LogP contribution is 2.25. The first kappa shape index (κ1) is 12.8. The SMILES string of the molecule is CC(CCCCC=O)c1ccc2ccccc2c1. The molecule has 18 heavy (non-hydrogen) atoms. The highest BCUT2D eigenvalue weighted by molar-refractivity contribution is 5.83. The summed E-state index contributed by atoms with van der Waals surface area (Å²) < 4.78 is 0. The Bertz CT molecular complexity index is 516.